The summed E-state index contributed by atoms with van der Waals surface area (Å²) in [5.41, 5.74) is 0.0869. The van der Waals surface area contributed by atoms with Gasteiger partial charge in [0, 0.05) is 12.0 Å². The number of ether oxygens (including phenoxy) is 1. The van der Waals surface area contributed by atoms with Crippen LogP contribution < -0.4 is 10.1 Å². The average molecular weight is 461 g/mol. The fourth-order valence-corrected chi connectivity index (χ4v) is 4.60. The van der Waals surface area contributed by atoms with Crippen LogP contribution in [-0.4, -0.2) is 54.0 Å². The number of amides is 1. The zero-order valence-electron chi connectivity index (χ0n) is 20.9. The second-order valence-electron chi connectivity index (χ2n) is 10.4. The zero-order valence-corrected chi connectivity index (χ0v) is 20.9. The Morgan fingerprint density at radius 2 is 1.94 bits per heavy atom. The number of aliphatic carboxylic acids is 1. The standard InChI is InChI=1S/C26H40N2O5/c1-7-26(13-8-9-14-28(6)17-26)19-11-10-12-20(15-19)33-21(29)16-25(4,5)24(32)27-22(18(2)3)23(30)31/h10-12,15,18,22H,7-9,13-14,16-17H2,1-6H3,(H,27,32)(H,30,31)/t22-,26?/m0/s1. The van der Waals surface area contributed by atoms with Gasteiger partial charge in [0.2, 0.25) is 5.91 Å². The van der Waals surface area contributed by atoms with Crippen molar-refractivity contribution >= 4 is 17.8 Å². The van der Waals surface area contributed by atoms with Crippen molar-refractivity contribution in [2.45, 2.75) is 78.2 Å². The van der Waals surface area contributed by atoms with Crippen LogP contribution in [-0.2, 0) is 19.8 Å². The second-order valence-corrected chi connectivity index (χ2v) is 10.4. The Morgan fingerprint density at radius 1 is 1.24 bits per heavy atom. The Labute approximate surface area is 197 Å². The predicted octanol–water partition coefficient (Wildman–Crippen LogP) is 4.00. The number of hydrogen-bond donors (Lipinski definition) is 2. The molecule has 0 spiro atoms. The van der Waals surface area contributed by atoms with Gasteiger partial charge in [-0.15, -0.1) is 0 Å². The highest BCUT2D eigenvalue weighted by molar-refractivity contribution is 5.90. The molecule has 1 aliphatic heterocycles. The van der Waals surface area contributed by atoms with Crippen molar-refractivity contribution in [3.8, 4) is 5.75 Å². The number of esters is 1. The molecule has 1 amide bonds. The number of likely N-dealkylation sites (tertiary alicyclic amines) is 1. The van der Waals surface area contributed by atoms with Crippen LogP contribution >= 0.6 is 0 Å². The molecule has 1 aromatic carbocycles. The number of carboxylic acids is 1. The number of rotatable bonds is 9. The van der Waals surface area contributed by atoms with E-state index >= 15 is 0 Å². The van der Waals surface area contributed by atoms with E-state index in [1.54, 1.807) is 33.8 Å². The SMILES string of the molecule is CCC1(c2cccc(OC(=O)CC(C)(C)C(=O)N[C@H](C(=O)O)C(C)C)c2)CCCCN(C)C1. The monoisotopic (exact) mass is 460 g/mol. The summed E-state index contributed by atoms with van der Waals surface area (Å²) in [5, 5.41) is 11.9. The van der Waals surface area contributed by atoms with E-state index in [0.717, 1.165) is 25.9 Å². The van der Waals surface area contributed by atoms with Crippen molar-refractivity contribution in [2.75, 3.05) is 20.1 Å². The third-order valence-corrected chi connectivity index (χ3v) is 6.79. The molecule has 1 saturated heterocycles. The average Bonchev–Trinajstić information content (AvgIpc) is 2.92. The van der Waals surface area contributed by atoms with E-state index in [1.807, 2.05) is 12.1 Å². The van der Waals surface area contributed by atoms with Gasteiger partial charge in [-0.2, -0.15) is 0 Å². The topological polar surface area (TPSA) is 95.9 Å². The molecule has 1 heterocycles. The van der Waals surface area contributed by atoms with E-state index in [1.165, 1.54) is 18.4 Å². The molecule has 2 atom stereocenters. The van der Waals surface area contributed by atoms with Gasteiger partial charge in [0.05, 0.1) is 11.8 Å². The molecule has 1 aromatic rings. The third-order valence-electron chi connectivity index (χ3n) is 6.79. The first-order chi connectivity index (χ1) is 15.4. The minimum absolute atomic E-state index is 0.0233. The Morgan fingerprint density at radius 3 is 2.55 bits per heavy atom. The fraction of sp³-hybridized carbons (Fsp3) is 0.654. The summed E-state index contributed by atoms with van der Waals surface area (Å²) in [6.07, 6.45) is 4.29. The molecule has 1 unspecified atom stereocenters. The van der Waals surface area contributed by atoms with E-state index in [9.17, 15) is 19.5 Å². The lowest BCUT2D eigenvalue weighted by atomic mass is 9.74. The van der Waals surface area contributed by atoms with Crippen molar-refractivity contribution in [1.29, 1.82) is 0 Å². The van der Waals surface area contributed by atoms with Crippen LogP contribution in [0.1, 0.15) is 72.3 Å². The lowest BCUT2D eigenvalue weighted by Crippen LogP contribution is -2.49. The number of carbonyl (C=O) groups excluding carboxylic acids is 2. The van der Waals surface area contributed by atoms with E-state index in [2.05, 4.69) is 30.3 Å². The summed E-state index contributed by atoms with van der Waals surface area (Å²) >= 11 is 0. The summed E-state index contributed by atoms with van der Waals surface area (Å²) < 4.78 is 5.63. The molecule has 2 rings (SSSR count). The van der Waals surface area contributed by atoms with Crippen molar-refractivity contribution in [3.05, 3.63) is 29.8 Å². The van der Waals surface area contributed by atoms with Crippen LogP contribution in [0.4, 0.5) is 0 Å². The second kappa shape index (κ2) is 11.1. The van der Waals surface area contributed by atoms with Crippen LogP contribution in [0.15, 0.2) is 24.3 Å². The highest BCUT2D eigenvalue weighted by Crippen LogP contribution is 2.37. The largest absolute Gasteiger partial charge is 0.480 e. The van der Waals surface area contributed by atoms with Crippen LogP contribution in [0.3, 0.4) is 0 Å². The van der Waals surface area contributed by atoms with Crippen LogP contribution in [0.2, 0.25) is 0 Å². The van der Waals surface area contributed by atoms with Gasteiger partial charge < -0.3 is 20.1 Å². The summed E-state index contributed by atoms with van der Waals surface area (Å²) in [7, 11) is 2.15. The van der Waals surface area contributed by atoms with Gasteiger partial charge in [0.1, 0.15) is 11.8 Å². The third kappa shape index (κ3) is 7.03. The summed E-state index contributed by atoms with van der Waals surface area (Å²) in [6, 6.07) is 6.73. The van der Waals surface area contributed by atoms with Crippen molar-refractivity contribution in [1.82, 2.24) is 10.2 Å². The van der Waals surface area contributed by atoms with Crippen LogP contribution in [0.5, 0.6) is 5.75 Å². The molecule has 33 heavy (non-hydrogen) atoms. The number of nitrogens with one attached hydrogen (secondary N) is 1. The smallest absolute Gasteiger partial charge is 0.326 e. The molecule has 7 nitrogen and oxygen atoms in total. The summed E-state index contributed by atoms with van der Waals surface area (Å²) in [5.74, 6) is -1.90. The van der Waals surface area contributed by atoms with Crippen LogP contribution in [0, 0.1) is 11.3 Å². The quantitative estimate of drug-likeness (QED) is 0.427. The van der Waals surface area contributed by atoms with Gasteiger partial charge >= 0.3 is 11.9 Å². The number of hydrogen-bond acceptors (Lipinski definition) is 5. The minimum Gasteiger partial charge on any atom is -0.480 e. The highest BCUT2D eigenvalue weighted by Gasteiger charge is 2.36. The normalized spacial score (nSPS) is 20.7. The Bertz CT molecular complexity index is 851. The fourth-order valence-electron chi connectivity index (χ4n) is 4.60. The maximum atomic E-state index is 12.7. The van der Waals surface area contributed by atoms with Gasteiger partial charge in [0.25, 0.3) is 0 Å². The molecular weight excluding hydrogens is 420 g/mol. The number of carboxylic acid groups (broad SMARTS) is 1. The first-order valence-corrected chi connectivity index (χ1v) is 11.9. The zero-order chi connectivity index (χ0) is 24.8. The van der Waals surface area contributed by atoms with E-state index < -0.39 is 29.3 Å². The van der Waals surface area contributed by atoms with Gasteiger partial charge in [-0.25, -0.2) is 4.79 Å². The molecule has 0 aliphatic carbocycles. The van der Waals surface area contributed by atoms with E-state index in [0.29, 0.717) is 5.75 Å². The lowest BCUT2D eigenvalue weighted by Gasteiger charge is -2.35. The summed E-state index contributed by atoms with van der Waals surface area (Å²) in [4.78, 5) is 39.2. The molecule has 0 saturated carbocycles. The molecular formula is C26H40N2O5. The van der Waals surface area contributed by atoms with E-state index in [4.69, 9.17) is 4.74 Å². The first-order valence-electron chi connectivity index (χ1n) is 11.9. The highest BCUT2D eigenvalue weighted by atomic mass is 16.5. The summed E-state index contributed by atoms with van der Waals surface area (Å²) in [6.45, 7) is 11.0. The Kier molecular flexibility index (Phi) is 9.06. The molecule has 0 bridgehead atoms. The number of likely N-dealkylation sites (N-methyl/N-ethyl adjacent to an activating group) is 1. The van der Waals surface area contributed by atoms with Gasteiger partial charge in [-0.05, 0) is 56.5 Å². The molecule has 7 heteroatoms. The molecule has 0 radical (unpaired) electrons. The molecule has 2 N–H and O–H groups in total. The maximum Gasteiger partial charge on any atom is 0.326 e. The van der Waals surface area contributed by atoms with Gasteiger partial charge in [-0.1, -0.05) is 53.2 Å². The van der Waals surface area contributed by atoms with E-state index in [-0.39, 0.29) is 17.8 Å². The molecule has 0 aromatic heterocycles. The van der Waals surface area contributed by atoms with Crippen molar-refractivity contribution in [3.63, 3.8) is 0 Å². The molecule has 1 aliphatic rings. The maximum absolute atomic E-state index is 12.7. The van der Waals surface area contributed by atoms with Gasteiger partial charge in [0.15, 0.2) is 0 Å². The van der Waals surface area contributed by atoms with Crippen molar-refractivity contribution in [2.24, 2.45) is 11.3 Å². The Hall–Kier alpha value is -2.41. The number of nitrogens with zero attached hydrogens (tertiary/aromatic N) is 1. The number of benzene rings is 1. The first kappa shape index (κ1) is 26.8. The predicted molar refractivity (Wildman–Crippen MR) is 128 cm³/mol. The molecule has 1 fully saturated rings. The lowest BCUT2D eigenvalue weighted by molar-refractivity contribution is -0.146. The number of carbonyl (C=O) groups is 3. The molecule has 184 valence electrons. The van der Waals surface area contributed by atoms with Crippen LogP contribution in [0.25, 0.3) is 0 Å². The van der Waals surface area contributed by atoms with Gasteiger partial charge in [-0.3, -0.25) is 9.59 Å². The Balaban J connectivity index is 2.11. The minimum atomic E-state index is -1.11. The van der Waals surface area contributed by atoms with Crippen molar-refractivity contribution < 1.29 is 24.2 Å².